The standard InChI is InChI=1S/C13H15N5/c1-8-5-9(6-10(7-16-2)13(8)15)11-3-4-12(14)18-17-11/h3-7,15-16H,1-2H3,(H2,14,18)/b10-7-,15-13?. The summed E-state index contributed by atoms with van der Waals surface area (Å²) in [6.45, 7) is 1.91. The molecular formula is C13H15N5. The SMILES string of the molecule is CN/C=C1/C=C(c2ccc(N)nn2)C=C(C)C1=N. The molecule has 2 rings (SSSR count). The lowest BCUT2D eigenvalue weighted by molar-refractivity contribution is 1.02. The second-order valence-corrected chi connectivity index (χ2v) is 4.03. The van der Waals surface area contributed by atoms with Crippen LogP contribution in [0.3, 0.4) is 0 Å². The van der Waals surface area contributed by atoms with E-state index in [9.17, 15) is 0 Å². The fraction of sp³-hybridized carbons (Fsp3) is 0.154. The molecule has 5 heteroatoms. The second kappa shape index (κ2) is 4.83. The smallest absolute Gasteiger partial charge is 0.146 e. The largest absolute Gasteiger partial charge is 0.393 e. The zero-order chi connectivity index (χ0) is 13.1. The van der Waals surface area contributed by atoms with Gasteiger partial charge in [-0.1, -0.05) is 0 Å². The molecule has 0 saturated carbocycles. The van der Waals surface area contributed by atoms with Crippen LogP contribution >= 0.6 is 0 Å². The zero-order valence-electron chi connectivity index (χ0n) is 10.4. The van der Waals surface area contributed by atoms with Crippen LogP contribution in [0.2, 0.25) is 0 Å². The van der Waals surface area contributed by atoms with Crippen LogP contribution in [0.4, 0.5) is 5.82 Å². The highest BCUT2D eigenvalue weighted by Crippen LogP contribution is 2.24. The first-order valence-electron chi connectivity index (χ1n) is 5.58. The summed E-state index contributed by atoms with van der Waals surface area (Å²) < 4.78 is 0. The predicted octanol–water partition coefficient (Wildman–Crippen LogP) is 1.53. The Hall–Kier alpha value is -2.43. The molecule has 92 valence electrons. The van der Waals surface area contributed by atoms with E-state index in [2.05, 4.69) is 15.5 Å². The summed E-state index contributed by atoms with van der Waals surface area (Å²) in [4.78, 5) is 0. The third-order valence-electron chi connectivity index (χ3n) is 2.65. The van der Waals surface area contributed by atoms with Crippen LogP contribution in [0.25, 0.3) is 5.57 Å². The van der Waals surface area contributed by atoms with Crippen molar-refractivity contribution in [1.29, 1.82) is 5.41 Å². The molecule has 0 spiro atoms. The molecule has 1 aromatic rings. The topological polar surface area (TPSA) is 87.7 Å². The summed E-state index contributed by atoms with van der Waals surface area (Å²) in [5.74, 6) is 0.398. The van der Waals surface area contributed by atoms with E-state index in [1.54, 1.807) is 12.3 Å². The summed E-state index contributed by atoms with van der Waals surface area (Å²) in [6, 6.07) is 3.54. The van der Waals surface area contributed by atoms with Crippen molar-refractivity contribution in [3.05, 3.63) is 47.3 Å². The van der Waals surface area contributed by atoms with Gasteiger partial charge in [-0.05, 0) is 36.8 Å². The lowest BCUT2D eigenvalue weighted by Crippen LogP contribution is -2.10. The van der Waals surface area contributed by atoms with Gasteiger partial charge in [0.25, 0.3) is 0 Å². The number of aromatic nitrogens is 2. The van der Waals surface area contributed by atoms with E-state index in [1.165, 1.54) is 0 Å². The van der Waals surface area contributed by atoms with Gasteiger partial charge in [0.1, 0.15) is 5.82 Å². The second-order valence-electron chi connectivity index (χ2n) is 4.03. The summed E-state index contributed by atoms with van der Waals surface area (Å²) in [5, 5.41) is 18.8. The van der Waals surface area contributed by atoms with Gasteiger partial charge in [-0.15, -0.1) is 10.2 Å². The van der Waals surface area contributed by atoms with Gasteiger partial charge in [0, 0.05) is 24.4 Å². The monoisotopic (exact) mass is 241 g/mol. The lowest BCUT2D eigenvalue weighted by atomic mass is 9.93. The van der Waals surface area contributed by atoms with E-state index >= 15 is 0 Å². The van der Waals surface area contributed by atoms with Crippen molar-refractivity contribution in [2.45, 2.75) is 6.92 Å². The number of allylic oxidation sites excluding steroid dienone is 5. The number of anilines is 1. The highest BCUT2D eigenvalue weighted by Gasteiger charge is 2.14. The molecule has 0 fully saturated rings. The van der Waals surface area contributed by atoms with E-state index in [1.807, 2.05) is 32.2 Å². The number of nitrogens with one attached hydrogen (secondary N) is 2. The molecule has 1 aliphatic rings. The van der Waals surface area contributed by atoms with Gasteiger partial charge in [0.05, 0.1) is 11.4 Å². The molecule has 0 radical (unpaired) electrons. The third kappa shape index (κ3) is 2.29. The predicted molar refractivity (Wildman–Crippen MR) is 73.0 cm³/mol. The average molecular weight is 241 g/mol. The summed E-state index contributed by atoms with van der Waals surface area (Å²) >= 11 is 0. The average Bonchev–Trinajstić information content (AvgIpc) is 2.36. The first-order valence-corrected chi connectivity index (χ1v) is 5.58. The molecule has 18 heavy (non-hydrogen) atoms. The van der Waals surface area contributed by atoms with Gasteiger partial charge in [-0.2, -0.15) is 0 Å². The van der Waals surface area contributed by atoms with Crippen LogP contribution < -0.4 is 11.1 Å². The van der Waals surface area contributed by atoms with Crippen LogP contribution in [0.1, 0.15) is 12.6 Å². The molecule has 1 aliphatic carbocycles. The van der Waals surface area contributed by atoms with Gasteiger partial charge in [0.15, 0.2) is 0 Å². The molecule has 0 atom stereocenters. The van der Waals surface area contributed by atoms with Crippen molar-refractivity contribution in [3.8, 4) is 0 Å². The number of nitrogens with two attached hydrogens (primary N) is 1. The van der Waals surface area contributed by atoms with E-state index in [0.29, 0.717) is 11.5 Å². The maximum Gasteiger partial charge on any atom is 0.146 e. The quantitative estimate of drug-likeness (QED) is 0.732. The van der Waals surface area contributed by atoms with Crippen LogP contribution in [-0.2, 0) is 0 Å². The van der Waals surface area contributed by atoms with Crippen molar-refractivity contribution in [3.63, 3.8) is 0 Å². The molecule has 1 heterocycles. The molecule has 0 aliphatic heterocycles. The highest BCUT2D eigenvalue weighted by molar-refractivity contribution is 6.16. The number of hydrogen-bond donors (Lipinski definition) is 3. The molecular weight excluding hydrogens is 226 g/mol. The van der Waals surface area contributed by atoms with Crippen molar-refractivity contribution >= 4 is 17.1 Å². The third-order valence-corrected chi connectivity index (χ3v) is 2.65. The molecule has 0 bridgehead atoms. The van der Waals surface area contributed by atoms with Crippen molar-refractivity contribution in [2.75, 3.05) is 12.8 Å². The van der Waals surface area contributed by atoms with E-state index in [-0.39, 0.29) is 0 Å². The zero-order valence-corrected chi connectivity index (χ0v) is 10.4. The van der Waals surface area contributed by atoms with Crippen LogP contribution in [0.15, 0.2) is 41.6 Å². The molecule has 1 aromatic heterocycles. The van der Waals surface area contributed by atoms with E-state index in [0.717, 1.165) is 22.4 Å². The number of nitrogen functional groups attached to an aromatic ring is 1. The molecule has 4 N–H and O–H groups in total. The Balaban J connectivity index is 2.44. The minimum Gasteiger partial charge on any atom is -0.393 e. The van der Waals surface area contributed by atoms with Crippen molar-refractivity contribution in [2.24, 2.45) is 0 Å². The minimum absolute atomic E-state index is 0.398. The summed E-state index contributed by atoms with van der Waals surface area (Å²) in [7, 11) is 1.81. The number of rotatable bonds is 2. The first kappa shape index (κ1) is 12.0. The van der Waals surface area contributed by atoms with E-state index in [4.69, 9.17) is 11.1 Å². The highest BCUT2D eigenvalue weighted by atomic mass is 15.1. The van der Waals surface area contributed by atoms with Gasteiger partial charge < -0.3 is 11.1 Å². The Morgan fingerprint density at radius 1 is 1.28 bits per heavy atom. The Morgan fingerprint density at radius 3 is 2.67 bits per heavy atom. The Morgan fingerprint density at radius 2 is 2.06 bits per heavy atom. The van der Waals surface area contributed by atoms with E-state index < -0.39 is 0 Å². The Labute approximate surface area is 106 Å². The first-order chi connectivity index (χ1) is 8.61. The van der Waals surface area contributed by atoms with Gasteiger partial charge in [-0.3, -0.25) is 5.41 Å². The maximum absolute atomic E-state index is 7.96. The lowest BCUT2D eigenvalue weighted by Gasteiger charge is -2.14. The molecule has 5 nitrogen and oxygen atoms in total. The van der Waals surface area contributed by atoms with Crippen LogP contribution in [0.5, 0.6) is 0 Å². The fourth-order valence-electron chi connectivity index (χ4n) is 1.73. The molecule has 0 unspecified atom stereocenters. The number of hydrogen-bond acceptors (Lipinski definition) is 5. The van der Waals surface area contributed by atoms with Crippen molar-refractivity contribution < 1.29 is 0 Å². The normalized spacial score (nSPS) is 17.4. The van der Waals surface area contributed by atoms with Crippen molar-refractivity contribution in [1.82, 2.24) is 15.5 Å². The fourth-order valence-corrected chi connectivity index (χ4v) is 1.73. The van der Waals surface area contributed by atoms with Gasteiger partial charge >= 0.3 is 0 Å². The summed E-state index contributed by atoms with van der Waals surface area (Å²) in [5.41, 5.74) is 9.42. The molecule has 0 aromatic carbocycles. The van der Waals surface area contributed by atoms with Gasteiger partial charge in [0.2, 0.25) is 0 Å². The number of nitrogens with zero attached hydrogens (tertiary/aromatic N) is 2. The Kier molecular flexibility index (Phi) is 3.23. The maximum atomic E-state index is 7.96. The molecule has 0 amide bonds. The van der Waals surface area contributed by atoms with Crippen LogP contribution in [0, 0.1) is 5.41 Å². The summed E-state index contributed by atoms with van der Waals surface area (Å²) in [6.07, 6.45) is 5.63. The minimum atomic E-state index is 0.398. The van der Waals surface area contributed by atoms with Gasteiger partial charge in [-0.25, -0.2) is 0 Å². The molecule has 0 saturated heterocycles. The van der Waals surface area contributed by atoms with Crippen LogP contribution in [-0.4, -0.2) is 23.0 Å². The Bertz CT molecular complexity index is 564.